The Balaban J connectivity index is 2.30. The van der Waals surface area contributed by atoms with Gasteiger partial charge in [-0.25, -0.2) is 0 Å². The number of alkyl halides is 1. The molecule has 2 nitrogen and oxygen atoms in total. The molecule has 0 aliphatic rings. The molecule has 0 aromatic heterocycles. The van der Waals surface area contributed by atoms with Crippen LogP contribution >= 0.6 is 23.2 Å². The van der Waals surface area contributed by atoms with Crippen molar-refractivity contribution in [3.05, 3.63) is 34.9 Å². The van der Waals surface area contributed by atoms with Crippen LogP contribution in [0.3, 0.4) is 0 Å². The van der Waals surface area contributed by atoms with Gasteiger partial charge >= 0.3 is 0 Å². The van der Waals surface area contributed by atoms with E-state index in [1.807, 2.05) is 0 Å². The number of amides is 1. The molecule has 1 N–H and O–H groups in total. The Morgan fingerprint density at radius 3 is 2.75 bits per heavy atom. The number of hydrogen-bond donors (Lipinski definition) is 1. The highest BCUT2D eigenvalue weighted by Crippen LogP contribution is 2.10. The molecule has 0 radical (unpaired) electrons. The van der Waals surface area contributed by atoms with Gasteiger partial charge in [0.25, 0.3) is 5.91 Å². The normalized spacial score (nSPS) is 10.1. The maximum atomic E-state index is 11.6. The monoisotopic (exact) mass is 259 g/mol. The standard InChI is InChI=1S/C12H15Cl2NO/c13-7-2-1-3-8-15-12(16)10-5-4-6-11(14)9-10/h4-6,9H,1-3,7-8H2,(H,15,16). The summed E-state index contributed by atoms with van der Waals surface area (Å²) in [5.74, 6) is 0.607. The van der Waals surface area contributed by atoms with Gasteiger partial charge in [0.15, 0.2) is 0 Å². The molecule has 0 fully saturated rings. The molecule has 0 unspecified atom stereocenters. The fourth-order valence-corrected chi connectivity index (χ4v) is 1.71. The van der Waals surface area contributed by atoms with E-state index in [-0.39, 0.29) is 5.91 Å². The third-order valence-corrected chi connectivity index (χ3v) is 2.69. The second kappa shape index (κ2) is 7.53. The van der Waals surface area contributed by atoms with Crippen molar-refractivity contribution < 1.29 is 4.79 Å². The maximum Gasteiger partial charge on any atom is 0.251 e. The number of rotatable bonds is 6. The molecule has 0 aliphatic heterocycles. The van der Waals surface area contributed by atoms with Crippen LogP contribution in [-0.4, -0.2) is 18.3 Å². The number of hydrogen-bond acceptors (Lipinski definition) is 1. The summed E-state index contributed by atoms with van der Waals surface area (Å²) in [6.07, 6.45) is 2.99. The molecule has 0 saturated carbocycles. The third-order valence-electron chi connectivity index (χ3n) is 2.18. The fourth-order valence-electron chi connectivity index (χ4n) is 1.33. The zero-order valence-corrected chi connectivity index (χ0v) is 10.5. The Labute approximate surface area is 106 Å². The number of halogens is 2. The summed E-state index contributed by atoms with van der Waals surface area (Å²) in [6.45, 7) is 0.683. The van der Waals surface area contributed by atoms with E-state index >= 15 is 0 Å². The molecule has 1 aromatic rings. The lowest BCUT2D eigenvalue weighted by atomic mass is 10.2. The Kier molecular flexibility index (Phi) is 6.27. The van der Waals surface area contributed by atoms with Crippen LogP contribution in [-0.2, 0) is 0 Å². The van der Waals surface area contributed by atoms with Gasteiger partial charge < -0.3 is 5.32 Å². The second-order valence-corrected chi connectivity index (χ2v) is 4.33. The van der Waals surface area contributed by atoms with Gasteiger partial charge in [-0.3, -0.25) is 4.79 Å². The van der Waals surface area contributed by atoms with Crippen LogP contribution in [0, 0.1) is 0 Å². The molecule has 0 spiro atoms. The quantitative estimate of drug-likeness (QED) is 0.615. The number of carbonyl (C=O) groups is 1. The first-order valence-electron chi connectivity index (χ1n) is 5.34. The smallest absolute Gasteiger partial charge is 0.251 e. The third kappa shape index (κ3) is 4.86. The van der Waals surface area contributed by atoms with E-state index in [1.54, 1.807) is 24.3 Å². The highest BCUT2D eigenvalue weighted by atomic mass is 35.5. The zero-order chi connectivity index (χ0) is 11.8. The van der Waals surface area contributed by atoms with E-state index in [0.29, 0.717) is 23.0 Å². The van der Waals surface area contributed by atoms with Crippen LogP contribution in [0.5, 0.6) is 0 Å². The van der Waals surface area contributed by atoms with Crippen molar-refractivity contribution in [3.63, 3.8) is 0 Å². The Morgan fingerprint density at radius 2 is 2.06 bits per heavy atom. The van der Waals surface area contributed by atoms with Gasteiger partial charge in [0.1, 0.15) is 0 Å². The van der Waals surface area contributed by atoms with Crippen molar-refractivity contribution in [2.75, 3.05) is 12.4 Å². The molecule has 88 valence electrons. The van der Waals surface area contributed by atoms with Crippen molar-refractivity contribution in [2.24, 2.45) is 0 Å². The average Bonchev–Trinajstić information content (AvgIpc) is 2.28. The van der Waals surface area contributed by atoms with Crippen molar-refractivity contribution in [1.82, 2.24) is 5.32 Å². The maximum absolute atomic E-state index is 11.6. The Bertz CT molecular complexity index is 342. The molecule has 0 atom stereocenters. The molecule has 0 heterocycles. The minimum Gasteiger partial charge on any atom is -0.352 e. The summed E-state index contributed by atoms with van der Waals surface area (Å²) in [4.78, 5) is 11.6. The zero-order valence-electron chi connectivity index (χ0n) is 9.01. The van der Waals surface area contributed by atoms with Crippen molar-refractivity contribution in [2.45, 2.75) is 19.3 Å². The molecule has 0 aliphatic carbocycles. The first kappa shape index (κ1) is 13.3. The Morgan fingerprint density at radius 1 is 1.25 bits per heavy atom. The second-order valence-electron chi connectivity index (χ2n) is 3.52. The molecule has 16 heavy (non-hydrogen) atoms. The van der Waals surface area contributed by atoms with Gasteiger partial charge in [0, 0.05) is 23.0 Å². The van der Waals surface area contributed by atoms with Crippen LogP contribution in [0.4, 0.5) is 0 Å². The van der Waals surface area contributed by atoms with Gasteiger partial charge in [-0.1, -0.05) is 24.1 Å². The largest absolute Gasteiger partial charge is 0.352 e. The fraction of sp³-hybridized carbons (Fsp3) is 0.417. The van der Waals surface area contributed by atoms with Gasteiger partial charge in [0.05, 0.1) is 0 Å². The lowest BCUT2D eigenvalue weighted by molar-refractivity contribution is 0.0953. The molecule has 0 saturated heterocycles. The molecular formula is C12H15Cl2NO. The average molecular weight is 260 g/mol. The van der Waals surface area contributed by atoms with E-state index in [4.69, 9.17) is 23.2 Å². The topological polar surface area (TPSA) is 29.1 Å². The summed E-state index contributed by atoms with van der Waals surface area (Å²) in [5.41, 5.74) is 0.602. The van der Waals surface area contributed by atoms with E-state index in [9.17, 15) is 4.79 Å². The predicted molar refractivity (Wildman–Crippen MR) is 68.4 cm³/mol. The summed E-state index contributed by atoms with van der Waals surface area (Å²) in [7, 11) is 0. The molecular weight excluding hydrogens is 245 g/mol. The van der Waals surface area contributed by atoms with Crippen LogP contribution in [0.25, 0.3) is 0 Å². The molecule has 1 aromatic carbocycles. The van der Waals surface area contributed by atoms with Crippen LogP contribution in [0.1, 0.15) is 29.6 Å². The van der Waals surface area contributed by atoms with E-state index < -0.39 is 0 Å². The predicted octanol–water partition coefficient (Wildman–Crippen LogP) is 3.48. The van der Waals surface area contributed by atoms with Gasteiger partial charge in [-0.15, -0.1) is 11.6 Å². The summed E-state index contributed by atoms with van der Waals surface area (Å²) in [6, 6.07) is 6.93. The van der Waals surface area contributed by atoms with Crippen LogP contribution in [0.15, 0.2) is 24.3 Å². The molecule has 1 rings (SSSR count). The highest BCUT2D eigenvalue weighted by Gasteiger charge is 2.04. The number of nitrogens with one attached hydrogen (secondary N) is 1. The van der Waals surface area contributed by atoms with E-state index in [1.165, 1.54) is 0 Å². The molecule has 1 amide bonds. The summed E-state index contributed by atoms with van der Waals surface area (Å²) in [5, 5.41) is 3.42. The molecule has 0 bridgehead atoms. The number of benzene rings is 1. The van der Waals surface area contributed by atoms with Crippen LogP contribution < -0.4 is 5.32 Å². The van der Waals surface area contributed by atoms with E-state index in [0.717, 1.165) is 19.3 Å². The molecule has 4 heteroatoms. The summed E-state index contributed by atoms with van der Waals surface area (Å²) < 4.78 is 0. The van der Waals surface area contributed by atoms with Gasteiger partial charge in [0.2, 0.25) is 0 Å². The number of unbranched alkanes of at least 4 members (excludes halogenated alkanes) is 2. The van der Waals surface area contributed by atoms with Gasteiger partial charge in [-0.2, -0.15) is 0 Å². The van der Waals surface area contributed by atoms with Gasteiger partial charge in [-0.05, 0) is 31.0 Å². The van der Waals surface area contributed by atoms with E-state index in [2.05, 4.69) is 5.32 Å². The van der Waals surface area contributed by atoms with Crippen molar-refractivity contribution in [3.8, 4) is 0 Å². The van der Waals surface area contributed by atoms with Crippen molar-refractivity contribution in [1.29, 1.82) is 0 Å². The highest BCUT2D eigenvalue weighted by molar-refractivity contribution is 6.30. The first-order chi connectivity index (χ1) is 7.74. The number of carbonyl (C=O) groups excluding carboxylic acids is 1. The minimum atomic E-state index is -0.0756. The Hall–Kier alpha value is -0.730. The first-order valence-corrected chi connectivity index (χ1v) is 6.25. The lowest BCUT2D eigenvalue weighted by Gasteiger charge is -2.04. The lowest BCUT2D eigenvalue weighted by Crippen LogP contribution is -2.24. The van der Waals surface area contributed by atoms with Crippen molar-refractivity contribution >= 4 is 29.1 Å². The SMILES string of the molecule is O=C(NCCCCCCl)c1cccc(Cl)c1. The summed E-state index contributed by atoms with van der Waals surface area (Å²) >= 11 is 11.4. The van der Waals surface area contributed by atoms with Crippen LogP contribution in [0.2, 0.25) is 5.02 Å². The minimum absolute atomic E-state index is 0.0756.